The number of likely N-dealkylation sites (tertiary alicyclic amines) is 2. The van der Waals surface area contributed by atoms with Crippen LogP contribution in [-0.2, 0) is 14.3 Å². The summed E-state index contributed by atoms with van der Waals surface area (Å²) in [5, 5.41) is 8.97. The topological polar surface area (TPSA) is 96.4 Å². The van der Waals surface area contributed by atoms with Crippen LogP contribution in [0.5, 0.6) is 0 Å². The van der Waals surface area contributed by atoms with Crippen molar-refractivity contribution in [3.63, 3.8) is 0 Å². The third-order valence-electron chi connectivity index (χ3n) is 4.91. The first-order valence-electron chi connectivity index (χ1n) is 10.9. The highest BCUT2D eigenvalue weighted by atomic mass is 16.6. The Bertz CT molecular complexity index is 551. The van der Waals surface area contributed by atoms with Gasteiger partial charge in [0.25, 0.3) is 0 Å². The molecule has 0 saturated carbocycles. The molecule has 1 N–H and O–H groups in total. The number of aliphatic hydroxyl groups excluding tert-OH is 1. The standard InChI is InChI=1S/C11H21NO3.C11H19NO3/c2*1-11(2,3)15-10(14)12-6-4-9(8-13)5-7-12/h9,13H,4-8H2,1-3H3;8-9H,4-7H2,1-3H3. The second kappa shape index (κ2) is 11.5. The third kappa shape index (κ3) is 10.3. The molecule has 2 rings (SSSR count). The Hall–Kier alpha value is -1.83. The molecule has 174 valence electrons. The summed E-state index contributed by atoms with van der Waals surface area (Å²) in [6, 6.07) is 0. The maximum Gasteiger partial charge on any atom is 0.410 e. The van der Waals surface area contributed by atoms with Crippen molar-refractivity contribution in [3.05, 3.63) is 0 Å². The monoisotopic (exact) mass is 428 g/mol. The van der Waals surface area contributed by atoms with Crippen molar-refractivity contribution < 1.29 is 29.0 Å². The van der Waals surface area contributed by atoms with Gasteiger partial charge in [0.1, 0.15) is 17.5 Å². The molecule has 2 saturated heterocycles. The number of piperidine rings is 2. The van der Waals surface area contributed by atoms with Crippen molar-refractivity contribution in [2.24, 2.45) is 11.8 Å². The van der Waals surface area contributed by atoms with E-state index in [2.05, 4.69) is 0 Å². The third-order valence-corrected chi connectivity index (χ3v) is 4.91. The number of amides is 2. The van der Waals surface area contributed by atoms with Crippen LogP contribution in [0.25, 0.3) is 0 Å². The van der Waals surface area contributed by atoms with E-state index >= 15 is 0 Å². The number of ether oxygens (including phenoxy) is 2. The SMILES string of the molecule is CC(C)(C)OC(=O)N1CCC(C=O)CC1.CC(C)(C)OC(=O)N1CCC(CO)CC1. The molecule has 0 aromatic carbocycles. The van der Waals surface area contributed by atoms with Gasteiger partial charge in [0.05, 0.1) is 0 Å². The first-order valence-corrected chi connectivity index (χ1v) is 10.9. The molecule has 2 amide bonds. The minimum Gasteiger partial charge on any atom is -0.444 e. The molecule has 8 heteroatoms. The van der Waals surface area contributed by atoms with Crippen LogP contribution in [0.15, 0.2) is 0 Å². The molecule has 0 unspecified atom stereocenters. The second-order valence-corrected chi connectivity index (χ2v) is 10.0. The summed E-state index contributed by atoms with van der Waals surface area (Å²) >= 11 is 0. The molecular weight excluding hydrogens is 388 g/mol. The number of aldehydes is 1. The highest BCUT2D eigenvalue weighted by Gasteiger charge is 2.27. The van der Waals surface area contributed by atoms with E-state index in [-0.39, 0.29) is 24.7 Å². The van der Waals surface area contributed by atoms with E-state index < -0.39 is 11.2 Å². The first kappa shape index (κ1) is 26.2. The Morgan fingerprint density at radius 2 is 1.20 bits per heavy atom. The molecule has 0 spiro atoms. The minimum absolute atomic E-state index is 0.115. The van der Waals surface area contributed by atoms with Gasteiger partial charge in [-0.1, -0.05) is 0 Å². The van der Waals surface area contributed by atoms with Crippen LogP contribution in [0.1, 0.15) is 67.2 Å². The van der Waals surface area contributed by atoms with Crippen molar-refractivity contribution in [1.29, 1.82) is 0 Å². The molecule has 0 aromatic rings. The minimum atomic E-state index is -0.446. The number of rotatable bonds is 2. The number of hydrogen-bond acceptors (Lipinski definition) is 6. The predicted octanol–water partition coefficient (Wildman–Crippen LogP) is 3.46. The van der Waals surface area contributed by atoms with E-state index in [0.717, 1.165) is 32.0 Å². The molecule has 2 aliphatic heterocycles. The van der Waals surface area contributed by atoms with E-state index in [1.54, 1.807) is 9.80 Å². The van der Waals surface area contributed by atoms with Gasteiger partial charge in [-0.3, -0.25) is 0 Å². The number of aliphatic hydroxyl groups is 1. The van der Waals surface area contributed by atoms with E-state index in [0.29, 0.717) is 32.1 Å². The van der Waals surface area contributed by atoms with Crippen molar-refractivity contribution in [1.82, 2.24) is 9.80 Å². The summed E-state index contributed by atoms with van der Waals surface area (Å²) in [7, 11) is 0. The Labute approximate surface area is 180 Å². The van der Waals surface area contributed by atoms with Gasteiger partial charge in [0.2, 0.25) is 0 Å². The quantitative estimate of drug-likeness (QED) is 0.677. The molecule has 0 atom stereocenters. The zero-order chi connectivity index (χ0) is 22.9. The molecular formula is C22H40N2O6. The van der Waals surface area contributed by atoms with Crippen LogP contribution in [-0.4, -0.2) is 77.4 Å². The Morgan fingerprint density at radius 1 is 0.833 bits per heavy atom. The lowest BCUT2D eigenvalue weighted by Gasteiger charge is -2.32. The predicted molar refractivity (Wildman–Crippen MR) is 114 cm³/mol. The molecule has 2 heterocycles. The lowest BCUT2D eigenvalue weighted by molar-refractivity contribution is -0.112. The maximum absolute atomic E-state index is 11.6. The lowest BCUT2D eigenvalue weighted by Crippen LogP contribution is -2.42. The van der Waals surface area contributed by atoms with Crippen LogP contribution >= 0.6 is 0 Å². The summed E-state index contributed by atoms with van der Waals surface area (Å²) in [6.45, 7) is 14.0. The first-order chi connectivity index (χ1) is 13.8. The van der Waals surface area contributed by atoms with Crippen LogP contribution < -0.4 is 0 Å². The van der Waals surface area contributed by atoms with Crippen LogP contribution in [0.4, 0.5) is 9.59 Å². The van der Waals surface area contributed by atoms with Gasteiger partial charge < -0.3 is 29.2 Å². The molecule has 0 bridgehead atoms. The van der Waals surface area contributed by atoms with Gasteiger partial charge in [-0.15, -0.1) is 0 Å². The average molecular weight is 429 g/mol. The van der Waals surface area contributed by atoms with E-state index in [4.69, 9.17) is 14.6 Å². The van der Waals surface area contributed by atoms with Crippen LogP contribution in [0, 0.1) is 11.8 Å². The zero-order valence-electron chi connectivity index (χ0n) is 19.5. The molecule has 2 aliphatic rings. The van der Waals surface area contributed by atoms with Gasteiger partial charge in [-0.05, 0) is 73.1 Å². The molecule has 0 aliphatic carbocycles. The van der Waals surface area contributed by atoms with Crippen LogP contribution in [0.3, 0.4) is 0 Å². The lowest BCUT2D eigenvalue weighted by atomic mass is 9.98. The molecule has 0 aromatic heterocycles. The van der Waals surface area contributed by atoms with E-state index in [1.807, 2.05) is 41.5 Å². The normalized spacial score (nSPS) is 18.9. The fourth-order valence-corrected chi connectivity index (χ4v) is 3.17. The maximum atomic E-state index is 11.6. The van der Waals surface area contributed by atoms with Crippen LogP contribution in [0.2, 0.25) is 0 Å². The molecule has 8 nitrogen and oxygen atoms in total. The van der Waals surface area contributed by atoms with Crippen molar-refractivity contribution >= 4 is 18.5 Å². The van der Waals surface area contributed by atoms with Crippen molar-refractivity contribution in [2.75, 3.05) is 32.8 Å². The molecule has 0 radical (unpaired) electrons. The van der Waals surface area contributed by atoms with Crippen molar-refractivity contribution in [2.45, 2.75) is 78.4 Å². The highest BCUT2D eigenvalue weighted by Crippen LogP contribution is 2.19. The van der Waals surface area contributed by atoms with Crippen molar-refractivity contribution in [3.8, 4) is 0 Å². The van der Waals surface area contributed by atoms with Gasteiger partial charge >= 0.3 is 12.2 Å². The number of carbonyl (C=O) groups is 3. The Kier molecular flexibility index (Phi) is 10.1. The second-order valence-electron chi connectivity index (χ2n) is 10.0. The zero-order valence-corrected chi connectivity index (χ0v) is 19.5. The summed E-state index contributed by atoms with van der Waals surface area (Å²) in [5.74, 6) is 0.465. The van der Waals surface area contributed by atoms with E-state index in [9.17, 15) is 14.4 Å². The number of hydrogen-bond donors (Lipinski definition) is 1. The molecule has 30 heavy (non-hydrogen) atoms. The van der Waals surface area contributed by atoms with Gasteiger partial charge in [0.15, 0.2) is 0 Å². The Balaban J connectivity index is 0.000000300. The largest absolute Gasteiger partial charge is 0.444 e. The van der Waals surface area contributed by atoms with Gasteiger partial charge in [-0.2, -0.15) is 0 Å². The number of carbonyl (C=O) groups excluding carboxylic acids is 3. The Morgan fingerprint density at radius 3 is 1.50 bits per heavy atom. The summed E-state index contributed by atoms with van der Waals surface area (Å²) in [4.78, 5) is 37.2. The number of nitrogens with zero attached hydrogens (tertiary/aromatic N) is 2. The fourth-order valence-electron chi connectivity index (χ4n) is 3.17. The average Bonchev–Trinajstić information content (AvgIpc) is 2.66. The smallest absolute Gasteiger partial charge is 0.410 e. The summed E-state index contributed by atoms with van der Waals surface area (Å²) in [5.41, 5.74) is -0.872. The molecule has 2 fully saturated rings. The van der Waals surface area contributed by atoms with E-state index in [1.165, 1.54) is 0 Å². The highest BCUT2D eigenvalue weighted by molar-refractivity contribution is 5.69. The van der Waals surface area contributed by atoms with Gasteiger partial charge in [-0.25, -0.2) is 9.59 Å². The summed E-state index contributed by atoms with van der Waals surface area (Å²) in [6.07, 6.45) is 3.72. The summed E-state index contributed by atoms with van der Waals surface area (Å²) < 4.78 is 10.5. The van der Waals surface area contributed by atoms with Gasteiger partial charge in [0, 0.05) is 38.7 Å². The fraction of sp³-hybridized carbons (Fsp3) is 0.864.